The molecule has 4 heteroatoms. The Hall–Kier alpha value is -0.940. The smallest absolute Gasteiger partial charge is 0.196 e. The lowest BCUT2D eigenvalue weighted by atomic mass is 9.76. The molecule has 3 fully saturated rings. The summed E-state index contributed by atoms with van der Waals surface area (Å²) in [5.74, 6) is -0.664. The van der Waals surface area contributed by atoms with E-state index in [1.807, 2.05) is 43.4 Å². The van der Waals surface area contributed by atoms with Crippen LogP contribution in [0.4, 0.5) is 0 Å². The minimum atomic E-state index is -0.921. The van der Waals surface area contributed by atoms with Crippen molar-refractivity contribution < 1.29 is 19.3 Å². The normalized spacial score (nSPS) is 46.1. The fourth-order valence-corrected chi connectivity index (χ4v) is 3.65. The SMILES string of the molecule is C/C=C/C=C/C=C/[C@]12OC[C@H](CC)[C@@H]3OC[C@](O)(CO1)[C@@H]32. The van der Waals surface area contributed by atoms with Crippen LogP contribution in [0.2, 0.25) is 0 Å². The summed E-state index contributed by atoms with van der Waals surface area (Å²) in [5.41, 5.74) is -0.921. The fraction of sp³-hybridized carbons (Fsp3) is 0.647. The van der Waals surface area contributed by atoms with Crippen LogP contribution in [0.15, 0.2) is 36.5 Å². The van der Waals surface area contributed by atoms with Crippen LogP contribution in [-0.2, 0) is 14.2 Å². The number of hydrogen-bond donors (Lipinski definition) is 1. The van der Waals surface area contributed by atoms with Gasteiger partial charge in [0.1, 0.15) is 5.60 Å². The molecule has 3 rings (SSSR count). The molecule has 3 heterocycles. The number of allylic oxidation sites excluding steroid dienone is 5. The van der Waals surface area contributed by atoms with Crippen molar-refractivity contribution in [2.45, 2.75) is 37.8 Å². The second-order valence-electron chi connectivity index (χ2n) is 6.12. The maximum atomic E-state index is 10.8. The molecule has 1 N–H and O–H groups in total. The van der Waals surface area contributed by atoms with Crippen molar-refractivity contribution in [2.75, 3.05) is 19.8 Å². The van der Waals surface area contributed by atoms with Crippen LogP contribution < -0.4 is 0 Å². The van der Waals surface area contributed by atoms with E-state index in [-0.39, 0.29) is 18.6 Å². The molecule has 4 nitrogen and oxygen atoms in total. The van der Waals surface area contributed by atoms with E-state index in [4.69, 9.17) is 14.2 Å². The van der Waals surface area contributed by atoms with Gasteiger partial charge in [0.25, 0.3) is 0 Å². The van der Waals surface area contributed by atoms with E-state index >= 15 is 0 Å². The van der Waals surface area contributed by atoms with Crippen LogP contribution in [-0.4, -0.2) is 42.4 Å². The van der Waals surface area contributed by atoms with E-state index in [0.717, 1.165) is 6.42 Å². The zero-order chi connectivity index (χ0) is 14.9. The lowest BCUT2D eigenvalue weighted by Gasteiger charge is -2.42. The standard InChI is InChI=1S/C17H24O4/c1-3-5-6-7-8-9-17-15-14(13(4-2)10-20-17)19-11-16(15,18)12-21-17/h3,5-9,13-15,18H,4,10-12H2,1-2H3/b5-3+,7-6+,9-8+/t13-,14-,15+,16-,17-/m0/s1. The van der Waals surface area contributed by atoms with Gasteiger partial charge in [-0.1, -0.05) is 37.3 Å². The van der Waals surface area contributed by atoms with Crippen LogP contribution in [0.1, 0.15) is 20.3 Å². The Labute approximate surface area is 126 Å². The zero-order valence-electron chi connectivity index (χ0n) is 12.7. The number of hydrogen-bond acceptors (Lipinski definition) is 4. The molecule has 0 spiro atoms. The van der Waals surface area contributed by atoms with Crippen LogP contribution in [0, 0.1) is 11.8 Å². The summed E-state index contributed by atoms with van der Waals surface area (Å²) < 4.78 is 17.8. The van der Waals surface area contributed by atoms with Crippen molar-refractivity contribution in [2.24, 2.45) is 11.8 Å². The summed E-state index contributed by atoms with van der Waals surface area (Å²) in [5, 5.41) is 10.8. The molecule has 0 aromatic heterocycles. The molecule has 0 unspecified atom stereocenters. The topological polar surface area (TPSA) is 47.9 Å². The first kappa shape index (κ1) is 15.0. The van der Waals surface area contributed by atoms with Crippen LogP contribution in [0.3, 0.4) is 0 Å². The third-order valence-electron chi connectivity index (χ3n) is 4.78. The van der Waals surface area contributed by atoms with E-state index in [2.05, 4.69) is 6.92 Å². The summed E-state index contributed by atoms with van der Waals surface area (Å²) in [7, 11) is 0. The zero-order valence-corrected chi connectivity index (χ0v) is 12.7. The van der Waals surface area contributed by atoms with Gasteiger partial charge in [0.15, 0.2) is 5.79 Å². The monoisotopic (exact) mass is 292 g/mol. The molecule has 5 atom stereocenters. The largest absolute Gasteiger partial charge is 0.384 e. The minimum Gasteiger partial charge on any atom is -0.384 e. The average molecular weight is 292 g/mol. The van der Waals surface area contributed by atoms with Crippen molar-refractivity contribution in [1.82, 2.24) is 0 Å². The summed E-state index contributed by atoms with van der Waals surface area (Å²) in [4.78, 5) is 0. The first-order valence-electron chi connectivity index (χ1n) is 7.74. The van der Waals surface area contributed by atoms with Crippen molar-refractivity contribution in [3.05, 3.63) is 36.5 Å². The van der Waals surface area contributed by atoms with Gasteiger partial charge in [-0.2, -0.15) is 0 Å². The number of rotatable bonds is 4. The molecular weight excluding hydrogens is 268 g/mol. The highest BCUT2D eigenvalue weighted by Crippen LogP contribution is 2.53. The maximum Gasteiger partial charge on any atom is 0.196 e. The quantitative estimate of drug-likeness (QED) is 0.807. The van der Waals surface area contributed by atoms with Crippen molar-refractivity contribution in [3.63, 3.8) is 0 Å². The third-order valence-corrected chi connectivity index (χ3v) is 4.78. The highest BCUT2D eigenvalue weighted by atomic mass is 16.7. The van der Waals surface area contributed by atoms with Gasteiger partial charge in [0.05, 0.1) is 31.8 Å². The molecule has 21 heavy (non-hydrogen) atoms. The Bertz CT molecular complexity index is 469. The average Bonchev–Trinajstić information content (AvgIpc) is 2.99. The highest BCUT2D eigenvalue weighted by molar-refractivity contribution is 5.21. The fourth-order valence-electron chi connectivity index (χ4n) is 3.65. The molecule has 0 bridgehead atoms. The predicted octanol–water partition coefficient (Wildman–Crippen LogP) is 2.20. The molecule has 116 valence electrons. The first-order valence-corrected chi connectivity index (χ1v) is 7.74. The molecule has 0 aliphatic carbocycles. The third kappa shape index (κ3) is 2.40. The second kappa shape index (κ2) is 5.69. The Morgan fingerprint density at radius 3 is 2.71 bits per heavy atom. The number of ether oxygens (including phenoxy) is 3. The van der Waals surface area contributed by atoms with E-state index in [1.165, 1.54) is 0 Å². The van der Waals surface area contributed by atoms with Crippen LogP contribution in [0.25, 0.3) is 0 Å². The van der Waals surface area contributed by atoms with E-state index in [9.17, 15) is 5.11 Å². The van der Waals surface area contributed by atoms with Crippen molar-refractivity contribution in [1.29, 1.82) is 0 Å². The van der Waals surface area contributed by atoms with E-state index < -0.39 is 11.4 Å². The second-order valence-corrected chi connectivity index (χ2v) is 6.12. The summed E-state index contributed by atoms with van der Waals surface area (Å²) in [6.45, 7) is 5.33. The molecule has 3 aliphatic heterocycles. The molecule has 0 aromatic carbocycles. The molecule has 0 amide bonds. The first-order chi connectivity index (χ1) is 10.2. The van der Waals surface area contributed by atoms with Gasteiger partial charge in [-0.05, 0) is 19.4 Å². The van der Waals surface area contributed by atoms with Crippen LogP contribution in [0.5, 0.6) is 0 Å². The lowest BCUT2D eigenvalue weighted by Crippen LogP contribution is -2.54. The Morgan fingerprint density at radius 2 is 1.95 bits per heavy atom. The maximum absolute atomic E-state index is 10.8. The summed E-state index contributed by atoms with van der Waals surface area (Å²) in [6.07, 6.45) is 12.7. The lowest BCUT2D eigenvalue weighted by molar-refractivity contribution is -0.253. The van der Waals surface area contributed by atoms with Gasteiger partial charge in [-0.15, -0.1) is 0 Å². The molecule has 0 radical (unpaired) electrons. The van der Waals surface area contributed by atoms with Gasteiger partial charge in [0.2, 0.25) is 0 Å². The van der Waals surface area contributed by atoms with Crippen molar-refractivity contribution in [3.8, 4) is 0 Å². The summed E-state index contributed by atoms with van der Waals surface area (Å²) in [6, 6.07) is 0. The molecular formula is C17H24O4. The molecule has 3 saturated heterocycles. The van der Waals surface area contributed by atoms with Gasteiger partial charge < -0.3 is 19.3 Å². The minimum absolute atomic E-state index is 0.0143. The number of aliphatic hydroxyl groups is 1. The van der Waals surface area contributed by atoms with Gasteiger partial charge >= 0.3 is 0 Å². The molecule has 0 aromatic rings. The van der Waals surface area contributed by atoms with Crippen molar-refractivity contribution >= 4 is 0 Å². The van der Waals surface area contributed by atoms with E-state index in [0.29, 0.717) is 19.1 Å². The van der Waals surface area contributed by atoms with Gasteiger partial charge in [0, 0.05) is 5.92 Å². The highest BCUT2D eigenvalue weighted by Gasteiger charge is 2.68. The Kier molecular flexibility index (Phi) is 4.06. The van der Waals surface area contributed by atoms with Crippen LogP contribution >= 0.6 is 0 Å². The summed E-state index contributed by atoms with van der Waals surface area (Å²) >= 11 is 0. The molecule has 0 saturated carbocycles. The Balaban J connectivity index is 1.84. The van der Waals surface area contributed by atoms with Gasteiger partial charge in [-0.3, -0.25) is 0 Å². The van der Waals surface area contributed by atoms with Gasteiger partial charge in [-0.25, -0.2) is 0 Å². The molecule has 3 aliphatic rings. The predicted molar refractivity (Wildman–Crippen MR) is 79.7 cm³/mol. The van der Waals surface area contributed by atoms with E-state index in [1.54, 1.807) is 0 Å². The Morgan fingerprint density at radius 1 is 1.14 bits per heavy atom.